The number of thioether (sulfide) groups is 1. The van der Waals surface area contributed by atoms with Gasteiger partial charge in [0.1, 0.15) is 0 Å². The quantitative estimate of drug-likeness (QED) is 0.516. The molecule has 2 aromatic rings. The van der Waals surface area contributed by atoms with Gasteiger partial charge in [-0.2, -0.15) is 14.6 Å². The predicted octanol–water partition coefficient (Wildman–Crippen LogP) is 1.51. The summed E-state index contributed by atoms with van der Waals surface area (Å²) in [7, 11) is 1.50. The lowest BCUT2D eigenvalue weighted by Gasteiger charge is -1.99. The van der Waals surface area contributed by atoms with Crippen molar-refractivity contribution in [2.75, 3.05) is 5.75 Å². The van der Waals surface area contributed by atoms with Crippen molar-refractivity contribution >= 4 is 23.9 Å². The molecule has 0 unspecified atom stereocenters. The van der Waals surface area contributed by atoms with Crippen LogP contribution in [0.5, 0.6) is 0 Å². The Hall–Kier alpha value is -2.22. The number of carbonyl (C=O) groups excluding carboxylic acids is 1. The van der Waals surface area contributed by atoms with E-state index < -0.39 is 5.95 Å². The van der Waals surface area contributed by atoms with Crippen LogP contribution in [0.4, 0.5) is 4.39 Å². The van der Waals surface area contributed by atoms with E-state index in [9.17, 15) is 9.18 Å². The molecule has 0 bridgehead atoms. The summed E-state index contributed by atoms with van der Waals surface area (Å²) in [5, 5.41) is 8.40. The number of carbonyl (C=O) groups is 1. The van der Waals surface area contributed by atoms with Gasteiger partial charge in [-0.05, 0) is 19.1 Å². The van der Waals surface area contributed by atoms with Gasteiger partial charge in [0, 0.05) is 13.2 Å². The number of hydrogen-bond acceptors (Lipinski definition) is 5. The zero-order chi connectivity index (χ0) is 15.2. The Bertz CT molecular complexity index is 656. The van der Waals surface area contributed by atoms with Crippen molar-refractivity contribution in [2.24, 2.45) is 12.1 Å². The van der Waals surface area contributed by atoms with E-state index in [1.54, 1.807) is 19.2 Å². The number of nitrogens with one attached hydrogen (secondary N) is 1. The van der Waals surface area contributed by atoms with Gasteiger partial charge in [0.15, 0.2) is 0 Å². The van der Waals surface area contributed by atoms with Crippen LogP contribution in [0.3, 0.4) is 0 Å². The molecule has 0 aliphatic rings. The highest BCUT2D eigenvalue weighted by atomic mass is 32.2. The monoisotopic (exact) mass is 307 g/mol. The van der Waals surface area contributed by atoms with Gasteiger partial charge in [-0.3, -0.25) is 4.79 Å². The van der Waals surface area contributed by atoms with Crippen molar-refractivity contribution in [3.63, 3.8) is 0 Å². The van der Waals surface area contributed by atoms with Gasteiger partial charge >= 0.3 is 0 Å². The second-order valence-electron chi connectivity index (χ2n) is 4.16. The summed E-state index contributed by atoms with van der Waals surface area (Å²) >= 11 is 1.30. The second-order valence-corrected chi connectivity index (χ2v) is 5.16. The molecule has 21 heavy (non-hydrogen) atoms. The van der Waals surface area contributed by atoms with E-state index >= 15 is 0 Å². The van der Waals surface area contributed by atoms with Crippen LogP contribution < -0.4 is 5.43 Å². The molecule has 0 saturated heterocycles. The fourth-order valence-corrected chi connectivity index (χ4v) is 2.22. The van der Waals surface area contributed by atoms with E-state index in [0.717, 1.165) is 9.71 Å². The van der Waals surface area contributed by atoms with Gasteiger partial charge in [0.2, 0.25) is 11.9 Å². The molecule has 110 valence electrons. The van der Waals surface area contributed by atoms with E-state index in [1.807, 2.05) is 12.1 Å². The minimum Gasteiger partial charge on any atom is -0.272 e. The number of pyridine rings is 1. The van der Waals surface area contributed by atoms with Crippen molar-refractivity contribution in [2.45, 2.75) is 11.9 Å². The molecule has 2 heterocycles. The summed E-state index contributed by atoms with van der Waals surface area (Å²) in [6.07, 6.45) is 2.91. The molecule has 0 radical (unpaired) electrons. The van der Waals surface area contributed by atoms with E-state index in [4.69, 9.17) is 0 Å². The number of aryl methyl sites for hydroxylation is 2. The summed E-state index contributed by atoms with van der Waals surface area (Å²) in [6, 6.07) is 5.47. The number of rotatable bonds is 5. The summed E-state index contributed by atoms with van der Waals surface area (Å²) in [6.45, 7) is 1.67. The standard InChI is InChI=1S/C13H14FN5OS/c1-9-10(13(14)19(2)18-9)7-16-17-11(20)8-21-12-5-3-4-6-15-12/h3-7H,8H2,1-2H3,(H,17,20)/b16-7-. The molecule has 0 atom stereocenters. The maximum Gasteiger partial charge on any atom is 0.250 e. The number of hydrazone groups is 1. The summed E-state index contributed by atoms with van der Waals surface area (Å²) in [5.41, 5.74) is 3.11. The van der Waals surface area contributed by atoms with Crippen LogP contribution in [0.1, 0.15) is 11.3 Å². The lowest BCUT2D eigenvalue weighted by Crippen LogP contribution is -2.19. The van der Waals surface area contributed by atoms with Crippen LogP contribution in [0.25, 0.3) is 0 Å². The lowest BCUT2D eigenvalue weighted by molar-refractivity contribution is -0.118. The van der Waals surface area contributed by atoms with Crippen LogP contribution in [-0.4, -0.2) is 32.6 Å². The topological polar surface area (TPSA) is 72.2 Å². The maximum atomic E-state index is 13.6. The Morgan fingerprint density at radius 3 is 3.00 bits per heavy atom. The number of aromatic nitrogens is 3. The van der Waals surface area contributed by atoms with E-state index in [1.165, 1.54) is 25.0 Å². The first-order valence-corrected chi connectivity index (χ1v) is 7.11. The Kier molecular flexibility index (Phi) is 5.04. The zero-order valence-corrected chi connectivity index (χ0v) is 12.4. The Labute approximate surface area is 125 Å². The molecule has 1 amide bonds. The first-order chi connectivity index (χ1) is 10.1. The number of nitrogens with zero attached hydrogens (tertiary/aromatic N) is 4. The summed E-state index contributed by atoms with van der Waals surface area (Å²) in [5.74, 6) is -0.597. The van der Waals surface area contributed by atoms with Crippen LogP contribution in [0.2, 0.25) is 0 Å². The zero-order valence-electron chi connectivity index (χ0n) is 11.6. The molecule has 0 aromatic carbocycles. The van der Waals surface area contributed by atoms with Crippen molar-refractivity contribution in [1.29, 1.82) is 0 Å². The van der Waals surface area contributed by atoms with Crippen LogP contribution in [-0.2, 0) is 11.8 Å². The maximum absolute atomic E-state index is 13.6. The average molecular weight is 307 g/mol. The third-order valence-electron chi connectivity index (χ3n) is 2.57. The summed E-state index contributed by atoms with van der Waals surface area (Å²) < 4.78 is 14.7. The smallest absolute Gasteiger partial charge is 0.250 e. The third kappa shape index (κ3) is 4.12. The molecule has 0 fully saturated rings. The molecule has 6 nitrogen and oxygen atoms in total. The van der Waals surface area contributed by atoms with Crippen molar-refractivity contribution in [1.82, 2.24) is 20.2 Å². The first kappa shape index (κ1) is 15.2. The van der Waals surface area contributed by atoms with Crippen molar-refractivity contribution < 1.29 is 9.18 Å². The molecule has 8 heteroatoms. The van der Waals surface area contributed by atoms with Crippen molar-refractivity contribution in [3.8, 4) is 0 Å². The van der Waals surface area contributed by atoms with Gasteiger partial charge in [-0.25, -0.2) is 15.1 Å². The largest absolute Gasteiger partial charge is 0.272 e. The Morgan fingerprint density at radius 1 is 1.57 bits per heavy atom. The lowest BCUT2D eigenvalue weighted by atomic mass is 10.3. The highest BCUT2D eigenvalue weighted by Gasteiger charge is 2.10. The predicted molar refractivity (Wildman–Crippen MR) is 78.6 cm³/mol. The molecule has 0 saturated carbocycles. The van der Waals surface area contributed by atoms with Gasteiger partial charge in [-0.15, -0.1) is 0 Å². The van der Waals surface area contributed by atoms with E-state index in [2.05, 4.69) is 20.6 Å². The molecular weight excluding hydrogens is 293 g/mol. The normalized spacial score (nSPS) is 11.0. The third-order valence-corrected chi connectivity index (χ3v) is 3.51. The molecule has 1 N–H and O–H groups in total. The average Bonchev–Trinajstić information content (AvgIpc) is 2.72. The second kappa shape index (κ2) is 6.98. The first-order valence-electron chi connectivity index (χ1n) is 6.12. The van der Waals surface area contributed by atoms with E-state index in [0.29, 0.717) is 5.69 Å². The molecule has 0 aliphatic heterocycles. The Morgan fingerprint density at radius 2 is 2.38 bits per heavy atom. The van der Waals surface area contributed by atoms with Gasteiger partial charge in [0.25, 0.3) is 0 Å². The van der Waals surface area contributed by atoms with Crippen LogP contribution in [0.15, 0.2) is 34.5 Å². The molecule has 2 aromatic heterocycles. The fourth-order valence-electron chi connectivity index (χ4n) is 1.57. The van der Waals surface area contributed by atoms with Crippen LogP contribution in [0, 0.1) is 12.9 Å². The minimum absolute atomic E-state index is 0.183. The van der Waals surface area contributed by atoms with Crippen LogP contribution >= 0.6 is 11.8 Å². The SMILES string of the molecule is Cc1nn(C)c(F)c1/C=N\NC(=O)CSc1ccccn1. The highest BCUT2D eigenvalue weighted by molar-refractivity contribution is 7.99. The van der Waals surface area contributed by atoms with Gasteiger partial charge < -0.3 is 0 Å². The summed E-state index contributed by atoms with van der Waals surface area (Å²) in [4.78, 5) is 15.7. The fraction of sp³-hybridized carbons (Fsp3) is 0.231. The minimum atomic E-state index is -0.492. The van der Waals surface area contributed by atoms with E-state index in [-0.39, 0.29) is 17.2 Å². The number of halogens is 1. The van der Waals surface area contributed by atoms with Crippen molar-refractivity contribution in [3.05, 3.63) is 41.6 Å². The van der Waals surface area contributed by atoms with Gasteiger partial charge in [0.05, 0.1) is 28.3 Å². The molecular formula is C13H14FN5OS. The number of hydrogen-bond donors (Lipinski definition) is 1. The molecule has 0 aliphatic carbocycles. The molecule has 2 rings (SSSR count). The number of amides is 1. The molecule has 0 spiro atoms. The highest BCUT2D eigenvalue weighted by Crippen LogP contribution is 2.13. The Balaban J connectivity index is 1.85. The van der Waals surface area contributed by atoms with Gasteiger partial charge in [-0.1, -0.05) is 17.8 Å².